The van der Waals surface area contributed by atoms with Gasteiger partial charge in [0.15, 0.2) is 11.6 Å². The first-order valence-corrected chi connectivity index (χ1v) is 4.90. The molecule has 0 aliphatic rings. The zero-order valence-electron chi connectivity index (χ0n) is 7.78. The first kappa shape index (κ1) is 14.6. The molecule has 0 unspecified atom stereocenters. The molecule has 0 amide bonds. The Kier molecular flexibility index (Phi) is 6.12. The molecule has 0 aliphatic carbocycles. The second-order valence-electron chi connectivity index (χ2n) is 2.94. The summed E-state index contributed by atoms with van der Waals surface area (Å²) in [4.78, 5) is 0. The zero-order valence-corrected chi connectivity index (χ0v) is 10.2. The minimum atomic E-state index is -0.720. The molecule has 1 aromatic carbocycles. The lowest BCUT2D eigenvalue weighted by Gasteiger charge is -2.13. The predicted octanol–water partition coefficient (Wildman–Crippen LogP) is 2.10. The van der Waals surface area contributed by atoms with Crippen LogP contribution in [0.5, 0.6) is 5.75 Å². The summed E-state index contributed by atoms with van der Waals surface area (Å²) >= 11 is 3.10. The highest BCUT2D eigenvalue weighted by atomic mass is 79.9. The standard InChI is InChI=1S/C9H11BrFNO2.ClH/c10-5-3-6(8(12)1-2-13)9(14)7(11)4-5;/h3-4,8,13-14H,1-2,12H2;1H/t8-;/m0./s1. The van der Waals surface area contributed by atoms with Gasteiger partial charge >= 0.3 is 0 Å². The number of aliphatic hydroxyl groups is 1. The van der Waals surface area contributed by atoms with Gasteiger partial charge in [-0.25, -0.2) is 4.39 Å². The molecule has 1 aromatic rings. The summed E-state index contributed by atoms with van der Waals surface area (Å²) in [5, 5.41) is 18.0. The van der Waals surface area contributed by atoms with E-state index in [1.807, 2.05) is 0 Å². The van der Waals surface area contributed by atoms with Gasteiger partial charge in [0.1, 0.15) is 0 Å². The summed E-state index contributed by atoms with van der Waals surface area (Å²) in [6.45, 7) is -0.102. The fourth-order valence-corrected chi connectivity index (χ4v) is 1.61. The van der Waals surface area contributed by atoms with Gasteiger partial charge in [0.25, 0.3) is 0 Å². The van der Waals surface area contributed by atoms with E-state index < -0.39 is 17.6 Å². The van der Waals surface area contributed by atoms with Gasteiger partial charge < -0.3 is 15.9 Å². The SMILES string of the molecule is Cl.N[C@@H](CCO)c1cc(Br)cc(F)c1O. The van der Waals surface area contributed by atoms with Crippen LogP contribution in [0.2, 0.25) is 0 Å². The van der Waals surface area contributed by atoms with Crippen molar-refractivity contribution in [1.82, 2.24) is 0 Å². The van der Waals surface area contributed by atoms with Crippen LogP contribution in [-0.2, 0) is 0 Å². The van der Waals surface area contributed by atoms with Crippen molar-refractivity contribution >= 4 is 28.3 Å². The van der Waals surface area contributed by atoms with Crippen LogP contribution in [0, 0.1) is 5.82 Å². The Bertz CT molecular complexity index is 338. The molecule has 0 saturated carbocycles. The molecule has 0 saturated heterocycles. The molecule has 15 heavy (non-hydrogen) atoms. The molecule has 0 radical (unpaired) electrons. The Morgan fingerprint density at radius 3 is 2.60 bits per heavy atom. The molecule has 0 bridgehead atoms. The van der Waals surface area contributed by atoms with Crippen LogP contribution < -0.4 is 5.73 Å². The average Bonchev–Trinajstić information content (AvgIpc) is 2.11. The van der Waals surface area contributed by atoms with Gasteiger partial charge in [-0.1, -0.05) is 15.9 Å². The molecular weight excluding hydrogens is 288 g/mol. The second-order valence-corrected chi connectivity index (χ2v) is 3.86. The first-order chi connectivity index (χ1) is 6.56. The van der Waals surface area contributed by atoms with Crippen molar-refractivity contribution in [2.24, 2.45) is 5.73 Å². The highest BCUT2D eigenvalue weighted by Gasteiger charge is 2.14. The second kappa shape index (κ2) is 6.27. The first-order valence-electron chi connectivity index (χ1n) is 4.10. The van der Waals surface area contributed by atoms with Gasteiger partial charge in [-0.3, -0.25) is 0 Å². The van der Waals surface area contributed by atoms with Crippen LogP contribution in [-0.4, -0.2) is 16.8 Å². The number of nitrogens with two attached hydrogens (primary N) is 1. The Morgan fingerprint density at radius 2 is 2.07 bits per heavy atom. The van der Waals surface area contributed by atoms with E-state index in [0.717, 1.165) is 6.07 Å². The molecular formula is C9H12BrClFNO2. The van der Waals surface area contributed by atoms with E-state index in [2.05, 4.69) is 15.9 Å². The number of hydrogen-bond donors (Lipinski definition) is 3. The van der Waals surface area contributed by atoms with Crippen molar-refractivity contribution in [2.45, 2.75) is 12.5 Å². The molecule has 0 heterocycles. The fraction of sp³-hybridized carbons (Fsp3) is 0.333. The molecule has 4 N–H and O–H groups in total. The molecule has 6 heteroatoms. The van der Waals surface area contributed by atoms with Gasteiger partial charge in [-0.2, -0.15) is 0 Å². The highest BCUT2D eigenvalue weighted by molar-refractivity contribution is 9.10. The number of halogens is 3. The quantitative estimate of drug-likeness (QED) is 0.801. The number of hydrogen-bond acceptors (Lipinski definition) is 3. The number of aromatic hydroxyl groups is 1. The Labute approximate surface area is 102 Å². The van der Waals surface area contributed by atoms with E-state index in [1.165, 1.54) is 0 Å². The third kappa shape index (κ3) is 3.61. The lowest BCUT2D eigenvalue weighted by atomic mass is 10.0. The smallest absolute Gasteiger partial charge is 0.166 e. The molecule has 0 fully saturated rings. The van der Waals surface area contributed by atoms with Crippen molar-refractivity contribution in [3.8, 4) is 5.75 Å². The van der Waals surface area contributed by atoms with Crippen LogP contribution in [0.25, 0.3) is 0 Å². The van der Waals surface area contributed by atoms with Gasteiger partial charge in [0, 0.05) is 22.7 Å². The van der Waals surface area contributed by atoms with Crippen LogP contribution in [0.3, 0.4) is 0 Å². The molecule has 86 valence electrons. The van der Waals surface area contributed by atoms with Crippen molar-refractivity contribution in [2.75, 3.05) is 6.61 Å². The van der Waals surface area contributed by atoms with Crippen molar-refractivity contribution in [1.29, 1.82) is 0 Å². The van der Waals surface area contributed by atoms with Crippen LogP contribution in [0.15, 0.2) is 16.6 Å². The van der Waals surface area contributed by atoms with Crippen molar-refractivity contribution in [3.05, 3.63) is 28.0 Å². The van der Waals surface area contributed by atoms with E-state index in [4.69, 9.17) is 10.8 Å². The Balaban J connectivity index is 0.00000196. The van der Waals surface area contributed by atoms with Crippen molar-refractivity contribution < 1.29 is 14.6 Å². The van der Waals surface area contributed by atoms with Crippen molar-refractivity contribution in [3.63, 3.8) is 0 Å². The monoisotopic (exact) mass is 299 g/mol. The number of phenolic OH excluding ortho intramolecular Hbond substituents is 1. The van der Waals surface area contributed by atoms with E-state index in [-0.39, 0.29) is 25.4 Å². The van der Waals surface area contributed by atoms with Gasteiger partial charge in [-0.05, 0) is 18.6 Å². The lowest BCUT2D eigenvalue weighted by Crippen LogP contribution is -2.12. The molecule has 1 rings (SSSR count). The Morgan fingerprint density at radius 1 is 1.47 bits per heavy atom. The molecule has 3 nitrogen and oxygen atoms in total. The summed E-state index contributed by atoms with van der Waals surface area (Å²) in [5.41, 5.74) is 5.93. The maximum atomic E-state index is 13.0. The maximum Gasteiger partial charge on any atom is 0.166 e. The average molecular weight is 301 g/mol. The summed E-state index contributed by atoms with van der Waals surface area (Å²) in [5.74, 6) is -1.17. The molecule has 0 aromatic heterocycles. The third-order valence-electron chi connectivity index (χ3n) is 1.90. The fourth-order valence-electron chi connectivity index (χ4n) is 1.16. The normalized spacial score (nSPS) is 12.0. The Hall–Kier alpha value is -0.360. The minimum absolute atomic E-state index is 0. The van der Waals surface area contributed by atoms with E-state index in [1.54, 1.807) is 6.07 Å². The lowest BCUT2D eigenvalue weighted by molar-refractivity contribution is 0.275. The third-order valence-corrected chi connectivity index (χ3v) is 2.36. The molecule has 0 spiro atoms. The minimum Gasteiger partial charge on any atom is -0.505 e. The number of phenols is 1. The zero-order chi connectivity index (χ0) is 10.7. The topological polar surface area (TPSA) is 66.5 Å². The van der Waals surface area contributed by atoms with E-state index in [0.29, 0.717) is 10.0 Å². The number of aliphatic hydroxyl groups excluding tert-OH is 1. The largest absolute Gasteiger partial charge is 0.505 e. The number of benzene rings is 1. The maximum absolute atomic E-state index is 13.0. The van der Waals surface area contributed by atoms with Gasteiger partial charge in [0.2, 0.25) is 0 Å². The van der Waals surface area contributed by atoms with Crippen LogP contribution in [0.4, 0.5) is 4.39 Å². The van der Waals surface area contributed by atoms with Crippen LogP contribution >= 0.6 is 28.3 Å². The highest BCUT2D eigenvalue weighted by Crippen LogP contribution is 2.30. The van der Waals surface area contributed by atoms with E-state index >= 15 is 0 Å². The molecule has 1 atom stereocenters. The summed E-state index contributed by atoms with van der Waals surface area (Å²) in [6.07, 6.45) is 0.281. The molecule has 0 aliphatic heterocycles. The van der Waals surface area contributed by atoms with Crippen LogP contribution in [0.1, 0.15) is 18.0 Å². The van der Waals surface area contributed by atoms with E-state index in [9.17, 15) is 9.50 Å². The predicted molar refractivity (Wildman–Crippen MR) is 61.6 cm³/mol. The summed E-state index contributed by atoms with van der Waals surface area (Å²) in [7, 11) is 0. The summed E-state index contributed by atoms with van der Waals surface area (Å²) in [6, 6.07) is 2.13. The van der Waals surface area contributed by atoms with Gasteiger partial charge in [0.05, 0.1) is 0 Å². The number of rotatable bonds is 3. The summed E-state index contributed by atoms with van der Waals surface area (Å²) < 4.78 is 13.6. The van der Waals surface area contributed by atoms with Gasteiger partial charge in [-0.15, -0.1) is 12.4 Å².